The van der Waals surface area contributed by atoms with Gasteiger partial charge in [0.2, 0.25) is 0 Å². The van der Waals surface area contributed by atoms with E-state index in [-0.39, 0.29) is 0 Å². The molecule has 1 aromatic heterocycles. The van der Waals surface area contributed by atoms with E-state index in [1.54, 1.807) is 0 Å². The lowest BCUT2D eigenvalue weighted by atomic mass is 9.84. The highest BCUT2D eigenvalue weighted by Crippen LogP contribution is 2.36. The number of fused-ring (bicyclic) bond motifs is 1. The smallest absolute Gasteiger partial charge is 0.129 e. The maximum absolute atomic E-state index is 5.92. The highest BCUT2D eigenvalue weighted by molar-refractivity contribution is 6.29. The molecule has 3 rings (SSSR count). The third-order valence-corrected chi connectivity index (χ3v) is 4.44. The van der Waals surface area contributed by atoms with Crippen LogP contribution in [-0.2, 0) is 6.54 Å². The van der Waals surface area contributed by atoms with Crippen LogP contribution in [0.4, 0.5) is 0 Å². The molecular formula is C14H19ClN2. The van der Waals surface area contributed by atoms with Crippen molar-refractivity contribution in [3.63, 3.8) is 0 Å². The number of hydrogen-bond acceptors (Lipinski definition) is 2. The number of pyridine rings is 1. The molecule has 92 valence electrons. The van der Waals surface area contributed by atoms with Crippen molar-refractivity contribution >= 4 is 11.6 Å². The van der Waals surface area contributed by atoms with Crippen LogP contribution in [0.5, 0.6) is 0 Å². The van der Waals surface area contributed by atoms with Crippen LogP contribution in [0.15, 0.2) is 18.3 Å². The molecule has 2 atom stereocenters. The molecule has 3 heteroatoms. The van der Waals surface area contributed by atoms with Gasteiger partial charge in [-0.05, 0) is 36.5 Å². The Morgan fingerprint density at radius 3 is 3.06 bits per heavy atom. The quantitative estimate of drug-likeness (QED) is 0.747. The van der Waals surface area contributed by atoms with Crippen molar-refractivity contribution in [1.29, 1.82) is 0 Å². The molecule has 0 bridgehead atoms. The lowest BCUT2D eigenvalue weighted by Gasteiger charge is -2.48. The van der Waals surface area contributed by atoms with Gasteiger partial charge in [0.15, 0.2) is 0 Å². The molecule has 1 saturated carbocycles. The first-order chi connectivity index (χ1) is 8.33. The molecule has 2 fully saturated rings. The zero-order chi connectivity index (χ0) is 11.7. The van der Waals surface area contributed by atoms with Crippen molar-refractivity contribution in [2.75, 3.05) is 6.54 Å². The second kappa shape index (κ2) is 4.95. The molecule has 1 aromatic rings. The zero-order valence-corrected chi connectivity index (χ0v) is 10.9. The summed E-state index contributed by atoms with van der Waals surface area (Å²) in [4.78, 5) is 6.65. The van der Waals surface area contributed by atoms with Crippen LogP contribution in [0.2, 0.25) is 5.15 Å². The minimum atomic E-state index is 0.612. The number of halogens is 1. The Hall–Kier alpha value is -0.600. The Kier molecular flexibility index (Phi) is 3.34. The zero-order valence-electron chi connectivity index (χ0n) is 10.1. The summed E-state index contributed by atoms with van der Waals surface area (Å²) in [5, 5.41) is 0.612. The molecule has 2 heterocycles. The van der Waals surface area contributed by atoms with E-state index in [2.05, 4.69) is 16.0 Å². The predicted octanol–water partition coefficient (Wildman–Crippen LogP) is 3.50. The van der Waals surface area contributed by atoms with Crippen molar-refractivity contribution < 1.29 is 0 Å². The lowest BCUT2D eigenvalue weighted by Crippen LogP contribution is -2.54. The summed E-state index contributed by atoms with van der Waals surface area (Å²) in [7, 11) is 0. The molecule has 0 unspecified atom stereocenters. The highest BCUT2D eigenvalue weighted by atomic mass is 35.5. The number of hydrogen-bond donors (Lipinski definition) is 0. The van der Waals surface area contributed by atoms with Crippen LogP contribution in [0, 0.1) is 5.92 Å². The van der Waals surface area contributed by atoms with Crippen molar-refractivity contribution in [2.24, 2.45) is 5.92 Å². The average molecular weight is 251 g/mol. The molecule has 0 spiro atoms. The van der Waals surface area contributed by atoms with Gasteiger partial charge in [-0.25, -0.2) is 4.98 Å². The Labute approximate surface area is 108 Å². The summed E-state index contributed by atoms with van der Waals surface area (Å²) in [6.07, 6.45) is 8.93. The number of likely N-dealkylation sites (tertiary alicyclic amines) is 1. The monoisotopic (exact) mass is 250 g/mol. The van der Waals surface area contributed by atoms with Gasteiger partial charge in [0, 0.05) is 25.3 Å². The largest absolute Gasteiger partial charge is 0.295 e. The van der Waals surface area contributed by atoms with Crippen LogP contribution in [0.1, 0.15) is 37.7 Å². The first kappa shape index (κ1) is 11.5. The van der Waals surface area contributed by atoms with E-state index in [9.17, 15) is 0 Å². The van der Waals surface area contributed by atoms with Crippen LogP contribution in [-0.4, -0.2) is 22.5 Å². The Bertz CT molecular complexity index is 394. The molecule has 0 aromatic carbocycles. The van der Waals surface area contributed by atoms with E-state index >= 15 is 0 Å². The van der Waals surface area contributed by atoms with Gasteiger partial charge >= 0.3 is 0 Å². The van der Waals surface area contributed by atoms with Gasteiger partial charge < -0.3 is 0 Å². The van der Waals surface area contributed by atoms with E-state index < -0.39 is 0 Å². The number of nitrogens with zero attached hydrogens (tertiary/aromatic N) is 2. The molecule has 2 aliphatic rings. The molecular weight excluding hydrogens is 232 g/mol. The Morgan fingerprint density at radius 2 is 2.18 bits per heavy atom. The van der Waals surface area contributed by atoms with Crippen LogP contribution >= 0.6 is 11.6 Å². The Balaban J connectivity index is 1.63. The topological polar surface area (TPSA) is 16.1 Å². The first-order valence-electron chi connectivity index (χ1n) is 6.67. The maximum Gasteiger partial charge on any atom is 0.129 e. The highest BCUT2D eigenvalue weighted by Gasteiger charge is 2.38. The molecule has 0 N–H and O–H groups in total. The van der Waals surface area contributed by atoms with E-state index in [1.165, 1.54) is 44.2 Å². The summed E-state index contributed by atoms with van der Waals surface area (Å²) in [5.74, 6) is 0.967. The predicted molar refractivity (Wildman–Crippen MR) is 70.0 cm³/mol. The van der Waals surface area contributed by atoms with Crippen LogP contribution in [0.25, 0.3) is 0 Å². The molecule has 0 amide bonds. The standard InChI is InChI=1S/C14H19ClN2/c15-14-8-11(6-7-16-14)9-17-10-12-4-2-1-3-5-13(12)17/h6-8,12-13H,1-5,9-10H2/t12-,13-/m1/s1. The van der Waals surface area contributed by atoms with Gasteiger partial charge in [0.1, 0.15) is 5.15 Å². The summed E-state index contributed by atoms with van der Waals surface area (Å²) >= 11 is 5.92. The van der Waals surface area contributed by atoms with Gasteiger partial charge in [0.05, 0.1) is 0 Å². The molecule has 17 heavy (non-hydrogen) atoms. The fourth-order valence-corrected chi connectivity index (χ4v) is 3.51. The first-order valence-corrected chi connectivity index (χ1v) is 7.05. The van der Waals surface area contributed by atoms with E-state index in [1.807, 2.05) is 12.3 Å². The normalized spacial score (nSPS) is 29.2. The van der Waals surface area contributed by atoms with Crippen molar-refractivity contribution in [2.45, 2.75) is 44.7 Å². The van der Waals surface area contributed by atoms with Crippen molar-refractivity contribution in [1.82, 2.24) is 9.88 Å². The van der Waals surface area contributed by atoms with Gasteiger partial charge in [0.25, 0.3) is 0 Å². The van der Waals surface area contributed by atoms with Crippen LogP contribution in [0.3, 0.4) is 0 Å². The SMILES string of the molecule is Clc1cc(CN2C[C@H]3CCCCC[C@H]32)ccn1. The lowest BCUT2D eigenvalue weighted by molar-refractivity contribution is 0.00300. The number of aromatic nitrogens is 1. The molecule has 0 radical (unpaired) electrons. The van der Waals surface area contributed by atoms with Gasteiger partial charge in [-0.3, -0.25) is 4.90 Å². The fraction of sp³-hybridized carbons (Fsp3) is 0.643. The summed E-state index contributed by atoms with van der Waals surface area (Å²) < 4.78 is 0. The minimum absolute atomic E-state index is 0.612. The molecule has 1 saturated heterocycles. The minimum Gasteiger partial charge on any atom is -0.295 e. The molecule has 1 aliphatic carbocycles. The number of rotatable bonds is 2. The summed E-state index contributed by atoms with van der Waals surface area (Å²) in [5.41, 5.74) is 1.30. The summed E-state index contributed by atoms with van der Waals surface area (Å²) in [6.45, 7) is 2.33. The molecule has 1 aliphatic heterocycles. The van der Waals surface area contributed by atoms with Crippen molar-refractivity contribution in [3.8, 4) is 0 Å². The Morgan fingerprint density at radius 1 is 1.29 bits per heavy atom. The van der Waals surface area contributed by atoms with E-state index in [0.717, 1.165) is 18.5 Å². The second-order valence-electron chi connectivity index (χ2n) is 5.38. The fourth-order valence-electron chi connectivity index (χ4n) is 3.31. The van der Waals surface area contributed by atoms with E-state index in [4.69, 9.17) is 11.6 Å². The summed E-state index contributed by atoms with van der Waals surface area (Å²) in [6, 6.07) is 4.91. The van der Waals surface area contributed by atoms with Gasteiger partial charge in [-0.15, -0.1) is 0 Å². The van der Waals surface area contributed by atoms with Crippen molar-refractivity contribution in [3.05, 3.63) is 29.0 Å². The second-order valence-corrected chi connectivity index (χ2v) is 5.77. The molecule has 2 nitrogen and oxygen atoms in total. The van der Waals surface area contributed by atoms with Gasteiger partial charge in [-0.1, -0.05) is 30.9 Å². The maximum atomic E-state index is 5.92. The van der Waals surface area contributed by atoms with Gasteiger partial charge in [-0.2, -0.15) is 0 Å². The third kappa shape index (κ3) is 2.48. The van der Waals surface area contributed by atoms with Crippen LogP contribution < -0.4 is 0 Å². The third-order valence-electron chi connectivity index (χ3n) is 4.23. The average Bonchev–Trinajstić information content (AvgIpc) is 2.48. The van der Waals surface area contributed by atoms with E-state index in [0.29, 0.717) is 5.15 Å².